The molecular weight excluding hydrogens is 455 g/mol. The summed E-state index contributed by atoms with van der Waals surface area (Å²) in [6.45, 7) is 7.32. The van der Waals surface area contributed by atoms with E-state index in [1.807, 2.05) is 31.3 Å². The van der Waals surface area contributed by atoms with Crippen LogP contribution in [0.3, 0.4) is 0 Å². The van der Waals surface area contributed by atoms with Crippen LogP contribution in [0, 0.1) is 5.41 Å². The lowest BCUT2D eigenvalue weighted by Crippen LogP contribution is -2.40. The van der Waals surface area contributed by atoms with Gasteiger partial charge in [-0.15, -0.1) is 24.0 Å². The number of anilines is 1. The Hall–Kier alpha value is -2.03. The highest BCUT2D eigenvalue weighted by atomic mass is 127. The first-order valence-corrected chi connectivity index (χ1v) is 8.86. The first-order chi connectivity index (χ1) is 12.5. The van der Waals surface area contributed by atoms with Gasteiger partial charge in [0.1, 0.15) is 0 Å². The van der Waals surface area contributed by atoms with Crippen molar-refractivity contribution in [1.29, 1.82) is 0 Å². The van der Waals surface area contributed by atoms with Crippen LogP contribution in [0.15, 0.2) is 52.1 Å². The van der Waals surface area contributed by atoms with Crippen molar-refractivity contribution in [2.75, 3.05) is 25.5 Å². The maximum Gasteiger partial charge on any atom is 0.291 e. The van der Waals surface area contributed by atoms with Crippen molar-refractivity contribution in [3.63, 3.8) is 0 Å². The molecule has 1 aliphatic heterocycles. The number of benzene rings is 1. The van der Waals surface area contributed by atoms with Gasteiger partial charge in [0.25, 0.3) is 5.91 Å². The number of carbonyl (C=O) groups excluding carboxylic acids is 1. The lowest BCUT2D eigenvalue weighted by Gasteiger charge is -2.23. The molecular formula is C20H27IN4O2. The Morgan fingerprint density at radius 2 is 2.00 bits per heavy atom. The quantitative estimate of drug-likeness (QED) is 0.394. The van der Waals surface area contributed by atoms with E-state index in [1.54, 1.807) is 12.1 Å². The fourth-order valence-corrected chi connectivity index (χ4v) is 3.11. The molecule has 146 valence electrons. The van der Waals surface area contributed by atoms with Crippen LogP contribution in [-0.4, -0.2) is 36.9 Å². The summed E-state index contributed by atoms with van der Waals surface area (Å²) in [5.74, 6) is 0.983. The highest BCUT2D eigenvalue weighted by Crippen LogP contribution is 2.28. The van der Waals surface area contributed by atoms with Gasteiger partial charge in [0, 0.05) is 32.4 Å². The number of guanidine groups is 1. The van der Waals surface area contributed by atoms with Crippen LogP contribution < -0.4 is 10.6 Å². The summed E-state index contributed by atoms with van der Waals surface area (Å²) >= 11 is 0. The summed E-state index contributed by atoms with van der Waals surface area (Å²) in [5.41, 5.74) is 2.20. The van der Waals surface area contributed by atoms with Crippen LogP contribution >= 0.6 is 24.0 Å². The minimum atomic E-state index is -0.252. The molecule has 6 nitrogen and oxygen atoms in total. The lowest BCUT2D eigenvalue weighted by atomic mass is 9.93. The largest absolute Gasteiger partial charge is 0.459 e. The van der Waals surface area contributed by atoms with Crippen LogP contribution in [0.25, 0.3) is 0 Å². The lowest BCUT2D eigenvalue weighted by molar-refractivity contribution is 0.0996. The number of hydrogen-bond acceptors (Lipinski definition) is 3. The van der Waals surface area contributed by atoms with Gasteiger partial charge in [-0.2, -0.15) is 0 Å². The molecule has 1 amide bonds. The second kappa shape index (κ2) is 9.25. The van der Waals surface area contributed by atoms with Crippen LogP contribution in [0.2, 0.25) is 0 Å². The third kappa shape index (κ3) is 5.72. The van der Waals surface area contributed by atoms with Crippen molar-refractivity contribution in [3.05, 3.63) is 54.0 Å². The second-order valence-electron chi connectivity index (χ2n) is 7.36. The van der Waals surface area contributed by atoms with E-state index < -0.39 is 0 Å². The van der Waals surface area contributed by atoms with E-state index in [0.717, 1.165) is 30.3 Å². The van der Waals surface area contributed by atoms with Crippen LogP contribution in [-0.2, 0) is 6.54 Å². The number of nitrogens with zero attached hydrogens (tertiary/aromatic N) is 2. The Labute approximate surface area is 177 Å². The Morgan fingerprint density at radius 3 is 2.56 bits per heavy atom. The molecule has 0 unspecified atom stereocenters. The number of amides is 1. The van der Waals surface area contributed by atoms with Gasteiger partial charge in [-0.05, 0) is 41.7 Å². The van der Waals surface area contributed by atoms with E-state index in [4.69, 9.17) is 4.42 Å². The zero-order valence-electron chi connectivity index (χ0n) is 16.0. The monoisotopic (exact) mass is 482 g/mol. The summed E-state index contributed by atoms with van der Waals surface area (Å²) in [4.78, 5) is 18.7. The van der Waals surface area contributed by atoms with Crippen molar-refractivity contribution in [2.45, 2.75) is 26.8 Å². The molecule has 0 bridgehead atoms. The Morgan fingerprint density at radius 1 is 1.26 bits per heavy atom. The molecule has 0 spiro atoms. The predicted molar refractivity (Wildman–Crippen MR) is 119 cm³/mol. The summed E-state index contributed by atoms with van der Waals surface area (Å²) in [6.07, 6.45) is 2.66. The van der Waals surface area contributed by atoms with E-state index in [2.05, 4.69) is 34.4 Å². The number of carbonyl (C=O) groups is 1. The number of nitrogens with one attached hydrogen (secondary N) is 2. The number of hydrogen-bond donors (Lipinski definition) is 2. The molecule has 1 aliphatic rings. The molecule has 3 rings (SSSR count). The maximum atomic E-state index is 12.0. The van der Waals surface area contributed by atoms with Gasteiger partial charge in [-0.1, -0.05) is 26.0 Å². The smallest absolute Gasteiger partial charge is 0.291 e. The van der Waals surface area contributed by atoms with Crippen LogP contribution in [0.1, 0.15) is 36.4 Å². The Kier molecular flexibility index (Phi) is 7.29. The summed E-state index contributed by atoms with van der Waals surface area (Å²) in [7, 11) is 1.82. The molecule has 2 aromatic rings. The Balaban J connectivity index is 0.00000261. The maximum absolute atomic E-state index is 12.0. The topological polar surface area (TPSA) is 69.9 Å². The molecule has 1 aromatic heterocycles. The van der Waals surface area contributed by atoms with Crippen molar-refractivity contribution >= 4 is 41.5 Å². The molecule has 0 saturated carbocycles. The third-order valence-corrected chi connectivity index (χ3v) is 4.60. The molecule has 1 saturated heterocycles. The molecule has 1 aromatic carbocycles. The van der Waals surface area contributed by atoms with E-state index in [1.165, 1.54) is 12.7 Å². The highest BCUT2D eigenvalue weighted by molar-refractivity contribution is 14.0. The van der Waals surface area contributed by atoms with Crippen molar-refractivity contribution in [2.24, 2.45) is 10.4 Å². The number of rotatable bonds is 4. The van der Waals surface area contributed by atoms with Gasteiger partial charge < -0.3 is 20.0 Å². The highest BCUT2D eigenvalue weighted by Gasteiger charge is 2.30. The first kappa shape index (κ1) is 21.3. The molecule has 2 N–H and O–H groups in total. The summed E-state index contributed by atoms with van der Waals surface area (Å²) in [6, 6.07) is 11.1. The first-order valence-electron chi connectivity index (χ1n) is 8.86. The van der Waals surface area contributed by atoms with Crippen molar-refractivity contribution in [3.8, 4) is 0 Å². The molecule has 0 aliphatic carbocycles. The predicted octanol–water partition coefficient (Wildman–Crippen LogP) is 3.96. The van der Waals surface area contributed by atoms with Gasteiger partial charge in [-0.25, -0.2) is 0 Å². The van der Waals surface area contributed by atoms with E-state index in [9.17, 15) is 4.79 Å². The summed E-state index contributed by atoms with van der Waals surface area (Å²) < 4.78 is 5.09. The average Bonchev–Trinajstić information content (AvgIpc) is 3.27. The Bertz CT molecular complexity index is 770. The molecule has 0 atom stereocenters. The number of halogens is 1. The molecule has 0 radical (unpaired) electrons. The van der Waals surface area contributed by atoms with E-state index >= 15 is 0 Å². The second-order valence-corrected chi connectivity index (χ2v) is 7.36. The van der Waals surface area contributed by atoms with Gasteiger partial charge >= 0.3 is 0 Å². The van der Waals surface area contributed by atoms with Gasteiger partial charge in [-0.3, -0.25) is 9.79 Å². The normalized spacial score (nSPS) is 16.0. The standard InChI is InChI=1S/C20H26N4O2.HI/c1-20(2)10-11-24(14-20)19(21-3)22-13-15-6-8-16(9-7-15)23-18(25)17-5-4-12-26-17;/h4-9,12H,10-11,13-14H2,1-3H3,(H,21,22)(H,23,25);1H. The fourth-order valence-electron chi connectivity index (χ4n) is 3.11. The minimum absolute atomic E-state index is 0. The average molecular weight is 482 g/mol. The number of aliphatic imine (C=N–C) groups is 1. The zero-order chi connectivity index (χ0) is 18.6. The fraction of sp³-hybridized carbons (Fsp3) is 0.400. The zero-order valence-corrected chi connectivity index (χ0v) is 18.3. The van der Waals surface area contributed by atoms with E-state index in [0.29, 0.717) is 17.7 Å². The molecule has 7 heteroatoms. The van der Waals surface area contributed by atoms with Gasteiger partial charge in [0.2, 0.25) is 0 Å². The SMILES string of the molecule is CN=C(NCc1ccc(NC(=O)c2ccco2)cc1)N1CCC(C)(C)C1.I. The minimum Gasteiger partial charge on any atom is -0.459 e. The van der Waals surface area contributed by atoms with Crippen molar-refractivity contribution < 1.29 is 9.21 Å². The molecule has 27 heavy (non-hydrogen) atoms. The van der Waals surface area contributed by atoms with Crippen LogP contribution in [0.5, 0.6) is 0 Å². The summed E-state index contributed by atoms with van der Waals surface area (Å²) in [5, 5.41) is 6.24. The number of furan rings is 1. The van der Waals surface area contributed by atoms with Gasteiger partial charge in [0.05, 0.1) is 6.26 Å². The van der Waals surface area contributed by atoms with Crippen molar-refractivity contribution in [1.82, 2.24) is 10.2 Å². The molecule has 2 heterocycles. The number of likely N-dealkylation sites (tertiary alicyclic amines) is 1. The molecule has 1 fully saturated rings. The van der Waals surface area contributed by atoms with Crippen LogP contribution in [0.4, 0.5) is 5.69 Å². The van der Waals surface area contributed by atoms with Gasteiger partial charge in [0.15, 0.2) is 11.7 Å². The van der Waals surface area contributed by atoms with E-state index in [-0.39, 0.29) is 29.9 Å². The third-order valence-electron chi connectivity index (χ3n) is 4.60.